The molecule has 1 aliphatic rings. The van der Waals surface area contributed by atoms with E-state index in [4.69, 9.17) is 4.74 Å². The van der Waals surface area contributed by atoms with Crippen molar-refractivity contribution in [2.75, 3.05) is 26.7 Å². The fourth-order valence-electron chi connectivity index (χ4n) is 2.38. The summed E-state index contributed by atoms with van der Waals surface area (Å²) in [5.74, 6) is -0.107. The third-order valence-electron chi connectivity index (χ3n) is 3.57. The first-order chi connectivity index (χ1) is 8.69. The molecule has 1 aromatic rings. The van der Waals surface area contributed by atoms with Crippen LogP contribution in [-0.2, 0) is 11.2 Å². The highest BCUT2D eigenvalue weighted by Crippen LogP contribution is 2.18. The van der Waals surface area contributed by atoms with E-state index in [1.165, 1.54) is 6.07 Å². The SMILES string of the molecule is COC1CCN(CCc2cc(Br)ccc2F)CC1. The van der Waals surface area contributed by atoms with Gasteiger partial charge in [0.2, 0.25) is 0 Å². The maximum absolute atomic E-state index is 13.6. The maximum Gasteiger partial charge on any atom is 0.126 e. The van der Waals surface area contributed by atoms with Crippen molar-refractivity contribution in [3.63, 3.8) is 0 Å². The number of likely N-dealkylation sites (tertiary alicyclic amines) is 1. The Hall–Kier alpha value is -0.450. The van der Waals surface area contributed by atoms with E-state index in [0.29, 0.717) is 6.10 Å². The van der Waals surface area contributed by atoms with Crippen LogP contribution in [0.15, 0.2) is 22.7 Å². The molecule has 1 saturated heterocycles. The Labute approximate surface area is 116 Å². The summed E-state index contributed by atoms with van der Waals surface area (Å²) in [6.07, 6.45) is 3.33. The Morgan fingerprint density at radius 3 is 2.78 bits per heavy atom. The Morgan fingerprint density at radius 1 is 1.39 bits per heavy atom. The van der Waals surface area contributed by atoms with Gasteiger partial charge in [-0.25, -0.2) is 4.39 Å². The summed E-state index contributed by atoms with van der Waals surface area (Å²) in [5.41, 5.74) is 0.790. The van der Waals surface area contributed by atoms with E-state index in [2.05, 4.69) is 20.8 Å². The molecule has 1 aliphatic heterocycles. The van der Waals surface area contributed by atoms with Crippen LogP contribution in [0.4, 0.5) is 4.39 Å². The van der Waals surface area contributed by atoms with Crippen LogP contribution in [0, 0.1) is 5.82 Å². The molecule has 1 aromatic carbocycles. The van der Waals surface area contributed by atoms with Crippen molar-refractivity contribution in [3.8, 4) is 0 Å². The van der Waals surface area contributed by atoms with Gasteiger partial charge in [-0.05, 0) is 43.0 Å². The van der Waals surface area contributed by atoms with E-state index in [1.54, 1.807) is 13.2 Å². The molecule has 18 heavy (non-hydrogen) atoms. The third kappa shape index (κ3) is 3.77. The Balaban J connectivity index is 1.83. The van der Waals surface area contributed by atoms with Gasteiger partial charge in [0.05, 0.1) is 6.10 Å². The Morgan fingerprint density at radius 2 is 2.11 bits per heavy atom. The monoisotopic (exact) mass is 315 g/mol. The van der Waals surface area contributed by atoms with Crippen LogP contribution in [0.25, 0.3) is 0 Å². The molecule has 1 fully saturated rings. The van der Waals surface area contributed by atoms with Crippen molar-refractivity contribution in [1.29, 1.82) is 0 Å². The van der Waals surface area contributed by atoms with Crippen molar-refractivity contribution in [1.82, 2.24) is 4.90 Å². The zero-order valence-electron chi connectivity index (χ0n) is 10.7. The lowest BCUT2D eigenvalue weighted by Gasteiger charge is -2.31. The molecular weight excluding hydrogens is 297 g/mol. The molecule has 100 valence electrons. The van der Waals surface area contributed by atoms with E-state index in [0.717, 1.165) is 48.9 Å². The van der Waals surface area contributed by atoms with E-state index in [-0.39, 0.29) is 5.82 Å². The second-order valence-electron chi connectivity index (χ2n) is 4.76. The molecule has 2 nitrogen and oxygen atoms in total. The molecule has 0 aromatic heterocycles. The largest absolute Gasteiger partial charge is 0.381 e. The Kier molecular flexibility index (Phi) is 5.15. The highest BCUT2D eigenvalue weighted by atomic mass is 79.9. The van der Waals surface area contributed by atoms with Crippen LogP contribution in [0.3, 0.4) is 0 Å². The number of benzene rings is 1. The van der Waals surface area contributed by atoms with Crippen LogP contribution in [0.5, 0.6) is 0 Å². The number of hydrogen-bond donors (Lipinski definition) is 0. The van der Waals surface area contributed by atoms with E-state index in [9.17, 15) is 4.39 Å². The number of hydrogen-bond acceptors (Lipinski definition) is 2. The molecular formula is C14H19BrFNO. The molecule has 2 rings (SSSR count). The van der Waals surface area contributed by atoms with Gasteiger partial charge in [-0.3, -0.25) is 0 Å². The summed E-state index contributed by atoms with van der Waals surface area (Å²) < 4.78 is 19.9. The minimum atomic E-state index is -0.107. The number of piperidine rings is 1. The molecule has 0 amide bonds. The second-order valence-corrected chi connectivity index (χ2v) is 5.68. The second kappa shape index (κ2) is 6.64. The van der Waals surface area contributed by atoms with E-state index < -0.39 is 0 Å². The smallest absolute Gasteiger partial charge is 0.126 e. The minimum Gasteiger partial charge on any atom is -0.381 e. The zero-order chi connectivity index (χ0) is 13.0. The molecule has 0 radical (unpaired) electrons. The van der Waals surface area contributed by atoms with Crippen LogP contribution < -0.4 is 0 Å². The molecule has 0 saturated carbocycles. The fourth-order valence-corrected chi connectivity index (χ4v) is 2.79. The quantitative estimate of drug-likeness (QED) is 0.845. The van der Waals surface area contributed by atoms with Gasteiger partial charge in [0.1, 0.15) is 5.82 Å². The first kappa shape index (κ1) is 14.0. The topological polar surface area (TPSA) is 12.5 Å². The zero-order valence-corrected chi connectivity index (χ0v) is 12.2. The highest BCUT2D eigenvalue weighted by molar-refractivity contribution is 9.10. The number of methoxy groups -OCH3 is 1. The molecule has 4 heteroatoms. The summed E-state index contributed by atoms with van der Waals surface area (Å²) in [6.45, 7) is 3.02. The molecule has 0 N–H and O–H groups in total. The van der Waals surface area contributed by atoms with Crippen molar-refractivity contribution in [3.05, 3.63) is 34.1 Å². The van der Waals surface area contributed by atoms with Gasteiger partial charge in [-0.15, -0.1) is 0 Å². The summed E-state index contributed by atoms with van der Waals surface area (Å²) in [5, 5.41) is 0. The predicted molar refractivity (Wildman–Crippen MR) is 74.3 cm³/mol. The van der Waals surface area contributed by atoms with Gasteiger partial charge < -0.3 is 9.64 Å². The Bertz CT molecular complexity index is 391. The van der Waals surface area contributed by atoms with Crippen molar-refractivity contribution in [2.24, 2.45) is 0 Å². The number of nitrogens with zero attached hydrogens (tertiary/aromatic N) is 1. The highest BCUT2D eigenvalue weighted by Gasteiger charge is 2.18. The summed E-state index contributed by atoms with van der Waals surface area (Å²) in [4.78, 5) is 2.38. The molecule has 0 unspecified atom stereocenters. The number of ether oxygens (including phenoxy) is 1. The first-order valence-electron chi connectivity index (χ1n) is 6.38. The molecule has 0 spiro atoms. The maximum atomic E-state index is 13.6. The molecule has 0 atom stereocenters. The lowest BCUT2D eigenvalue weighted by molar-refractivity contribution is 0.0414. The first-order valence-corrected chi connectivity index (χ1v) is 7.17. The van der Waals surface area contributed by atoms with Crippen LogP contribution >= 0.6 is 15.9 Å². The van der Waals surface area contributed by atoms with Crippen LogP contribution in [-0.4, -0.2) is 37.7 Å². The fraction of sp³-hybridized carbons (Fsp3) is 0.571. The molecule has 0 bridgehead atoms. The van der Waals surface area contributed by atoms with Crippen LogP contribution in [0.2, 0.25) is 0 Å². The van der Waals surface area contributed by atoms with E-state index >= 15 is 0 Å². The van der Waals surface area contributed by atoms with Gasteiger partial charge in [0.15, 0.2) is 0 Å². The van der Waals surface area contributed by atoms with Gasteiger partial charge in [0, 0.05) is 31.2 Å². The number of halogens is 2. The average Bonchev–Trinajstić information content (AvgIpc) is 2.40. The summed E-state index contributed by atoms with van der Waals surface area (Å²) in [6, 6.07) is 5.14. The molecule has 0 aliphatic carbocycles. The van der Waals surface area contributed by atoms with Gasteiger partial charge in [0.25, 0.3) is 0 Å². The van der Waals surface area contributed by atoms with Crippen molar-refractivity contribution >= 4 is 15.9 Å². The van der Waals surface area contributed by atoms with Gasteiger partial charge in [-0.1, -0.05) is 15.9 Å². The standard InChI is InChI=1S/C14H19BrFNO/c1-18-13-5-8-17(9-6-13)7-4-11-10-12(15)2-3-14(11)16/h2-3,10,13H,4-9H2,1H3. The lowest BCUT2D eigenvalue weighted by atomic mass is 10.1. The third-order valence-corrected chi connectivity index (χ3v) is 4.07. The average molecular weight is 316 g/mol. The summed E-state index contributed by atoms with van der Waals surface area (Å²) >= 11 is 3.38. The molecule has 1 heterocycles. The summed E-state index contributed by atoms with van der Waals surface area (Å²) in [7, 11) is 1.77. The van der Waals surface area contributed by atoms with Gasteiger partial charge >= 0.3 is 0 Å². The minimum absolute atomic E-state index is 0.107. The normalized spacial score (nSPS) is 18.2. The lowest BCUT2D eigenvalue weighted by Crippen LogP contribution is -2.37. The van der Waals surface area contributed by atoms with Gasteiger partial charge in [-0.2, -0.15) is 0 Å². The van der Waals surface area contributed by atoms with E-state index in [1.807, 2.05) is 6.07 Å². The predicted octanol–water partition coefficient (Wildman–Crippen LogP) is 3.24. The van der Waals surface area contributed by atoms with Crippen LogP contribution in [0.1, 0.15) is 18.4 Å². The van der Waals surface area contributed by atoms with Crippen molar-refractivity contribution in [2.45, 2.75) is 25.4 Å². The number of rotatable bonds is 4. The van der Waals surface area contributed by atoms with Crippen molar-refractivity contribution < 1.29 is 9.13 Å².